The van der Waals surface area contributed by atoms with Crippen LogP contribution in [0.3, 0.4) is 0 Å². The molecule has 0 atom stereocenters. The number of nitrogens with zero attached hydrogens (tertiary/aromatic N) is 3. The van der Waals surface area contributed by atoms with Crippen molar-refractivity contribution in [1.29, 1.82) is 0 Å². The van der Waals surface area contributed by atoms with Gasteiger partial charge >= 0.3 is 5.69 Å². The van der Waals surface area contributed by atoms with Crippen molar-refractivity contribution in [3.63, 3.8) is 0 Å². The molecule has 1 aromatic heterocycles. The molecule has 3 rings (SSSR count). The summed E-state index contributed by atoms with van der Waals surface area (Å²) in [7, 11) is 1.32. The molecule has 0 bridgehead atoms. The maximum atomic E-state index is 12.6. The Morgan fingerprint density at radius 3 is 2.48 bits per heavy atom. The fraction of sp³-hybridized carbons (Fsp3) is 0.0952. The Morgan fingerprint density at radius 1 is 1.16 bits per heavy atom. The number of carbonyl (C=O) groups is 1. The molecule has 31 heavy (non-hydrogen) atoms. The van der Waals surface area contributed by atoms with E-state index >= 15 is 0 Å². The molecule has 0 fully saturated rings. The number of aromatic nitrogens is 2. The van der Waals surface area contributed by atoms with E-state index in [2.05, 4.69) is 4.98 Å². The van der Waals surface area contributed by atoms with Gasteiger partial charge < -0.3 is 10.6 Å². The number of anilines is 2. The van der Waals surface area contributed by atoms with E-state index in [0.717, 1.165) is 21.1 Å². The number of nitro benzene ring substituents is 1. The van der Waals surface area contributed by atoms with E-state index in [1.807, 2.05) is 6.07 Å². The van der Waals surface area contributed by atoms with Crippen molar-refractivity contribution >= 4 is 29.2 Å². The largest absolute Gasteiger partial charge is 0.383 e. The van der Waals surface area contributed by atoms with Gasteiger partial charge in [0.05, 0.1) is 17.0 Å². The highest BCUT2D eigenvalue weighted by atomic mass is 16.6. The number of hydrogen-bond acceptors (Lipinski definition) is 6. The van der Waals surface area contributed by atoms with Gasteiger partial charge in [-0.15, -0.1) is 0 Å². The van der Waals surface area contributed by atoms with E-state index in [0.29, 0.717) is 0 Å². The Hall–Kier alpha value is -4.47. The van der Waals surface area contributed by atoms with E-state index in [9.17, 15) is 24.5 Å². The molecule has 10 nitrogen and oxygen atoms in total. The number of carbonyl (C=O) groups excluding carboxylic acids is 1. The third kappa shape index (κ3) is 4.58. The molecule has 0 aliphatic carbocycles. The smallest absolute Gasteiger partial charge is 0.330 e. The van der Waals surface area contributed by atoms with Crippen LogP contribution in [0.1, 0.15) is 11.1 Å². The zero-order chi connectivity index (χ0) is 22.5. The SMILES string of the molecule is CN(C(=O)/C=C/c1ccccc1[N+](=O)[O-])c1c(N)n(Cc2ccccc2)c(=O)[nH]c1=O. The van der Waals surface area contributed by atoms with Gasteiger partial charge in [-0.25, -0.2) is 4.79 Å². The van der Waals surface area contributed by atoms with Crippen molar-refractivity contribution < 1.29 is 9.72 Å². The normalized spacial score (nSPS) is 10.9. The Bertz CT molecular complexity index is 1280. The predicted molar refractivity (Wildman–Crippen MR) is 117 cm³/mol. The molecule has 0 radical (unpaired) electrons. The van der Waals surface area contributed by atoms with Crippen molar-refractivity contribution in [3.8, 4) is 0 Å². The Balaban J connectivity index is 1.94. The van der Waals surface area contributed by atoms with E-state index in [-0.39, 0.29) is 29.3 Å². The number of H-pyrrole nitrogens is 1. The third-order valence-corrected chi connectivity index (χ3v) is 4.60. The summed E-state index contributed by atoms with van der Waals surface area (Å²) >= 11 is 0. The lowest BCUT2D eigenvalue weighted by atomic mass is 10.1. The highest BCUT2D eigenvalue weighted by Crippen LogP contribution is 2.20. The van der Waals surface area contributed by atoms with Gasteiger partial charge in [-0.2, -0.15) is 0 Å². The number of rotatable bonds is 6. The second kappa shape index (κ2) is 8.91. The molecule has 1 heterocycles. The molecular formula is C21H19N5O5. The molecule has 3 N–H and O–H groups in total. The van der Waals surface area contributed by atoms with E-state index in [1.165, 1.54) is 31.3 Å². The number of nitro groups is 1. The lowest BCUT2D eigenvalue weighted by Gasteiger charge is -2.19. The quantitative estimate of drug-likeness (QED) is 0.352. The highest BCUT2D eigenvalue weighted by molar-refractivity contribution is 6.04. The number of nitrogens with two attached hydrogens (primary N) is 1. The summed E-state index contributed by atoms with van der Waals surface area (Å²) in [5.74, 6) is -0.826. The van der Waals surface area contributed by atoms with Crippen LogP contribution in [-0.2, 0) is 11.3 Å². The molecule has 3 aromatic rings. The fourth-order valence-electron chi connectivity index (χ4n) is 3.00. The van der Waals surface area contributed by atoms with E-state index < -0.39 is 22.1 Å². The minimum atomic E-state index is -0.818. The van der Waals surface area contributed by atoms with Crippen LogP contribution in [0.2, 0.25) is 0 Å². The standard InChI is InChI=1S/C21H19N5O5/c1-24(17(27)12-11-15-9-5-6-10-16(15)26(30)31)18-19(22)25(21(29)23-20(18)28)13-14-7-3-2-4-8-14/h2-12H,13,22H2,1H3,(H,23,28,29)/b12-11+. The molecule has 10 heteroatoms. The number of nitrogen functional groups attached to an aromatic ring is 1. The first-order chi connectivity index (χ1) is 14.8. The van der Waals surface area contributed by atoms with Crippen molar-refractivity contribution in [2.45, 2.75) is 6.54 Å². The summed E-state index contributed by atoms with van der Waals surface area (Å²) in [5, 5.41) is 11.1. The van der Waals surface area contributed by atoms with Crippen molar-refractivity contribution in [2.24, 2.45) is 0 Å². The maximum Gasteiger partial charge on any atom is 0.330 e. The third-order valence-electron chi connectivity index (χ3n) is 4.60. The maximum absolute atomic E-state index is 12.6. The molecule has 158 valence electrons. The zero-order valence-corrected chi connectivity index (χ0v) is 16.5. The summed E-state index contributed by atoms with van der Waals surface area (Å²) in [6, 6.07) is 14.9. The van der Waals surface area contributed by atoms with Crippen molar-refractivity contribution in [3.05, 3.63) is 103 Å². The Kier molecular flexibility index (Phi) is 6.10. The van der Waals surface area contributed by atoms with Crippen LogP contribution in [0.4, 0.5) is 17.2 Å². The fourth-order valence-corrected chi connectivity index (χ4v) is 3.00. The zero-order valence-electron chi connectivity index (χ0n) is 16.5. The topological polar surface area (TPSA) is 144 Å². The highest BCUT2D eigenvalue weighted by Gasteiger charge is 2.20. The second-order valence-corrected chi connectivity index (χ2v) is 6.61. The number of para-hydroxylation sites is 1. The molecule has 0 saturated carbocycles. The van der Waals surface area contributed by atoms with Gasteiger partial charge in [0.1, 0.15) is 5.82 Å². The van der Waals surface area contributed by atoms with E-state index in [1.54, 1.807) is 30.3 Å². The average molecular weight is 421 g/mol. The molecule has 0 spiro atoms. The molecular weight excluding hydrogens is 402 g/mol. The summed E-state index contributed by atoms with van der Waals surface area (Å²) in [6.07, 6.45) is 2.37. The lowest BCUT2D eigenvalue weighted by molar-refractivity contribution is -0.385. The summed E-state index contributed by atoms with van der Waals surface area (Å²) < 4.78 is 1.15. The summed E-state index contributed by atoms with van der Waals surface area (Å²) in [4.78, 5) is 51.0. The Morgan fingerprint density at radius 2 is 1.81 bits per heavy atom. The number of amides is 1. The van der Waals surface area contributed by atoms with Crippen LogP contribution in [-0.4, -0.2) is 27.4 Å². The first-order valence-electron chi connectivity index (χ1n) is 9.15. The molecule has 0 aliphatic heterocycles. The summed E-state index contributed by atoms with van der Waals surface area (Å²) in [5.41, 5.74) is 5.20. The number of nitrogens with one attached hydrogen (secondary N) is 1. The van der Waals surface area contributed by atoms with Gasteiger partial charge in [0.2, 0.25) is 0 Å². The number of likely N-dealkylation sites (N-methyl/N-ethyl adjacent to an activating group) is 1. The summed E-state index contributed by atoms with van der Waals surface area (Å²) in [6.45, 7) is 0.101. The monoisotopic (exact) mass is 421 g/mol. The van der Waals surface area contributed by atoms with Crippen molar-refractivity contribution in [2.75, 3.05) is 17.7 Å². The first-order valence-corrected chi connectivity index (χ1v) is 9.15. The van der Waals surface area contributed by atoms with Crippen LogP contribution in [0.15, 0.2) is 70.3 Å². The van der Waals surface area contributed by atoms with Crippen LogP contribution >= 0.6 is 0 Å². The first kappa shape index (κ1) is 21.2. The van der Waals surface area contributed by atoms with Gasteiger partial charge in [-0.1, -0.05) is 42.5 Å². The molecule has 0 unspecified atom stereocenters. The number of aromatic amines is 1. The molecule has 2 aromatic carbocycles. The predicted octanol–water partition coefficient (Wildman–Crippen LogP) is 1.75. The van der Waals surface area contributed by atoms with Crippen LogP contribution in [0.5, 0.6) is 0 Å². The Labute approximate surface area is 176 Å². The van der Waals surface area contributed by atoms with Gasteiger partial charge in [-0.05, 0) is 17.7 Å². The lowest BCUT2D eigenvalue weighted by Crippen LogP contribution is -2.39. The van der Waals surface area contributed by atoms with E-state index in [4.69, 9.17) is 5.73 Å². The van der Waals surface area contributed by atoms with Gasteiger partial charge in [0, 0.05) is 19.2 Å². The van der Waals surface area contributed by atoms with Gasteiger partial charge in [-0.3, -0.25) is 29.3 Å². The molecule has 0 saturated heterocycles. The minimum absolute atomic E-state index is 0.101. The number of benzene rings is 2. The molecule has 0 aliphatic rings. The van der Waals surface area contributed by atoms with Crippen LogP contribution < -0.4 is 21.9 Å². The van der Waals surface area contributed by atoms with Crippen LogP contribution in [0.25, 0.3) is 6.08 Å². The minimum Gasteiger partial charge on any atom is -0.383 e. The molecule has 1 amide bonds. The second-order valence-electron chi connectivity index (χ2n) is 6.61. The van der Waals surface area contributed by atoms with Gasteiger partial charge in [0.25, 0.3) is 17.2 Å². The number of hydrogen-bond donors (Lipinski definition) is 2. The van der Waals surface area contributed by atoms with Crippen LogP contribution in [0, 0.1) is 10.1 Å². The van der Waals surface area contributed by atoms with Gasteiger partial charge in [0.15, 0.2) is 5.69 Å². The average Bonchev–Trinajstić information content (AvgIpc) is 2.75. The van der Waals surface area contributed by atoms with Crippen molar-refractivity contribution in [1.82, 2.24) is 9.55 Å².